The quantitative estimate of drug-likeness (QED) is 0.879. The van der Waals surface area contributed by atoms with Gasteiger partial charge in [-0.15, -0.1) is 0 Å². The van der Waals surface area contributed by atoms with Crippen molar-refractivity contribution < 1.29 is 9.59 Å². The van der Waals surface area contributed by atoms with Crippen molar-refractivity contribution in [2.24, 2.45) is 11.1 Å². The van der Waals surface area contributed by atoms with Crippen LogP contribution >= 0.6 is 0 Å². The van der Waals surface area contributed by atoms with Crippen molar-refractivity contribution in [2.45, 2.75) is 13.8 Å². The summed E-state index contributed by atoms with van der Waals surface area (Å²) in [6, 6.07) is 11.1. The topological polar surface area (TPSA) is 63.4 Å². The van der Waals surface area contributed by atoms with E-state index in [9.17, 15) is 9.59 Å². The minimum atomic E-state index is -0.300. The molecule has 0 unspecified atom stereocenters. The Bertz CT molecular complexity index is 699. The second-order valence-corrected chi connectivity index (χ2v) is 6.27. The van der Waals surface area contributed by atoms with Crippen molar-refractivity contribution in [1.29, 1.82) is 0 Å². The second kappa shape index (κ2) is 4.67. The molecule has 0 aliphatic carbocycles. The summed E-state index contributed by atoms with van der Waals surface area (Å²) in [6.45, 7) is 4.64. The Hall–Kier alpha value is -2.20. The van der Waals surface area contributed by atoms with Crippen LogP contribution in [0, 0.1) is 5.41 Å². The van der Waals surface area contributed by atoms with Crippen molar-refractivity contribution >= 4 is 22.6 Å². The highest BCUT2D eigenvalue weighted by molar-refractivity contribution is 6.25. The van der Waals surface area contributed by atoms with Crippen LogP contribution in [0.5, 0.6) is 0 Å². The largest absolute Gasteiger partial charge is 0.330 e. The fourth-order valence-corrected chi connectivity index (χ4v) is 2.72. The number of amides is 2. The molecule has 3 rings (SSSR count). The Labute approximate surface area is 123 Å². The van der Waals surface area contributed by atoms with E-state index in [1.165, 1.54) is 4.90 Å². The normalized spacial score (nSPS) is 14.9. The van der Waals surface area contributed by atoms with Crippen LogP contribution in [0.25, 0.3) is 10.8 Å². The lowest BCUT2D eigenvalue weighted by atomic mass is 9.89. The number of hydrogen-bond donors (Lipinski definition) is 1. The van der Waals surface area contributed by atoms with E-state index in [-0.39, 0.29) is 17.2 Å². The van der Waals surface area contributed by atoms with E-state index in [0.717, 1.165) is 10.8 Å². The summed E-state index contributed by atoms with van der Waals surface area (Å²) in [7, 11) is 0. The van der Waals surface area contributed by atoms with Crippen molar-refractivity contribution in [3.63, 3.8) is 0 Å². The predicted octanol–water partition coefficient (Wildman–Crippen LogP) is 2.42. The van der Waals surface area contributed by atoms with Crippen LogP contribution in [0.4, 0.5) is 0 Å². The highest BCUT2D eigenvalue weighted by atomic mass is 16.2. The third-order valence-electron chi connectivity index (χ3n) is 3.99. The van der Waals surface area contributed by atoms with E-state index < -0.39 is 0 Å². The summed E-state index contributed by atoms with van der Waals surface area (Å²) >= 11 is 0. The number of benzene rings is 2. The van der Waals surface area contributed by atoms with Crippen LogP contribution in [-0.4, -0.2) is 29.8 Å². The lowest BCUT2D eigenvalue weighted by Crippen LogP contribution is -2.47. The van der Waals surface area contributed by atoms with Gasteiger partial charge in [0.1, 0.15) is 0 Å². The molecule has 2 aromatic rings. The highest BCUT2D eigenvalue weighted by Crippen LogP contribution is 2.31. The molecule has 4 heteroatoms. The van der Waals surface area contributed by atoms with Gasteiger partial charge in [-0.3, -0.25) is 14.5 Å². The Morgan fingerprint density at radius 2 is 1.52 bits per heavy atom. The van der Waals surface area contributed by atoms with Crippen LogP contribution in [0.2, 0.25) is 0 Å². The van der Waals surface area contributed by atoms with Crippen molar-refractivity contribution in [1.82, 2.24) is 4.90 Å². The first-order valence-electron chi connectivity index (χ1n) is 7.03. The molecule has 0 radical (unpaired) electrons. The zero-order valence-electron chi connectivity index (χ0n) is 12.2. The molecule has 108 valence electrons. The molecular formula is C17H18N2O2. The Kier molecular flexibility index (Phi) is 3.06. The molecule has 0 aromatic heterocycles. The van der Waals surface area contributed by atoms with Gasteiger partial charge in [-0.25, -0.2) is 0 Å². The smallest absolute Gasteiger partial charge is 0.261 e. The fraction of sp³-hybridized carbons (Fsp3) is 0.294. The molecule has 0 atom stereocenters. The first kappa shape index (κ1) is 13.8. The van der Waals surface area contributed by atoms with Gasteiger partial charge in [-0.2, -0.15) is 0 Å². The molecule has 2 N–H and O–H groups in total. The first-order valence-corrected chi connectivity index (χ1v) is 7.03. The summed E-state index contributed by atoms with van der Waals surface area (Å²) in [6.07, 6.45) is 0. The number of nitrogens with two attached hydrogens (primary N) is 1. The molecule has 0 bridgehead atoms. The van der Waals surface area contributed by atoms with Gasteiger partial charge in [-0.1, -0.05) is 38.1 Å². The lowest BCUT2D eigenvalue weighted by Gasteiger charge is -2.33. The van der Waals surface area contributed by atoms with Crippen LogP contribution in [-0.2, 0) is 0 Å². The van der Waals surface area contributed by atoms with Gasteiger partial charge in [0.2, 0.25) is 0 Å². The summed E-state index contributed by atoms with van der Waals surface area (Å²) in [5.74, 6) is -0.461. The molecule has 4 nitrogen and oxygen atoms in total. The summed E-state index contributed by atoms with van der Waals surface area (Å²) in [4.78, 5) is 26.7. The van der Waals surface area contributed by atoms with Crippen LogP contribution in [0.1, 0.15) is 34.6 Å². The van der Waals surface area contributed by atoms with E-state index >= 15 is 0 Å². The monoisotopic (exact) mass is 282 g/mol. The van der Waals surface area contributed by atoms with Gasteiger partial charge in [-0.05, 0) is 29.5 Å². The van der Waals surface area contributed by atoms with E-state index in [2.05, 4.69) is 0 Å². The predicted molar refractivity (Wildman–Crippen MR) is 82.2 cm³/mol. The molecule has 2 aromatic carbocycles. The highest BCUT2D eigenvalue weighted by Gasteiger charge is 2.35. The van der Waals surface area contributed by atoms with Gasteiger partial charge >= 0.3 is 0 Å². The Balaban J connectivity index is 2.15. The maximum Gasteiger partial charge on any atom is 0.261 e. The van der Waals surface area contributed by atoms with Crippen LogP contribution < -0.4 is 5.73 Å². The van der Waals surface area contributed by atoms with Gasteiger partial charge in [0.05, 0.1) is 0 Å². The number of carbonyl (C=O) groups is 2. The molecular weight excluding hydrogens is 264 g/mol. The maximum absolute atomic E-state index is 12.7. The molecule has 0 fully saturated rings. The first-order chi connectivity index (χ1) is 9.94. The van der Waals surface area contributed by atoms with E-state index in [1.54, 1.807) is 12.1 Å². The van der Waals surface area contributed by atoms with Crippen molar-refractivity contribution in [3.8, 4) is 0 Å². The zero-order chi connectivity index (χ0) is 15.2. The van der Waals surface area contributed by atoms with Gasteiger partial charge in [0, 0.05) is 23.1 Å². The average Bonchev–Trinajstić information content (AvgIpc) is 2.49. The molecule has 0 spiro atoms. The number of nitrogens with zero attached hydrogens (tertiary/aromatic N) is 1. The van der Waals surface area contributed by atoms with E-state index in [4.69, 9.17) is 5.73 Å². The van der Waals surface area contributed by atoms with Crippen molar-refractivity contribution in [3.05, 3.63) is 47.5 Å². The molecule has 1 aliphatic rings. The van der Waals surface area contributed by atoms with Gasteiger partial charge < -0.3 is 5.73 Å². The third kappa shape index (κ3) is 2.12. The molecule has 0 saturated heterocycles. The number of imide groups is 1. The Morgan fingerprint density at radius 3 is 2.00 bits per heavy atom. The number of carbonyl (C=O) groups excluding carboxylic acids is 2. The van der Waals surface area contributed by atoms with Crippen LogP contribution in [0.3, 0.4) is 0 Å². The average molecular weight is 282 g/mol. The van der Waals surface area contributed by atoms with Crippen molar-refractivity contribution in [2.75, 3.05) is 13.1 Å². The zero-order valence-corrected chi connectivity index (χ0v) is 12.2. The van der Waals surface area contributed by atoms with E-state index in [1.807, 2.05) is 38.1 Å². The summed E-state index contributed by atoms with van der Waals surface area (Å²) in [5, 5.41) is 1.68. The minimum Gasteiger partial charge on any atom is -0.330 e. The summed E-state index contributed by atoms with van der Waals surface area (Å²) in [5.41, 5.74) is 6.62. The molecule has 1 heterocycles. The molecule has 1 aliphatic heterocycles. The van der Waals surface area contributed by atoms with Crippen LogP contribution in [0.15, 0.2) is 36.4 Å². The summed E-state index contributed by atoms with van der Waals surface area (Å²) < 4.78 is 0. The Morgan fingerprint density at radius 1 is 1.00 bits per heavy atom. The maximum atomic E-state index is 12.7. The SMILES string of the molecule is CC(C)(CN)CN1C(=O)c2cccc3cccc(c23)C1=O. The lowest BCUT2D eigenvalue weighted by molar-refractivity contribution is 0.0550. The van der Waals surface area contributed by atoms with Gasteiger partial charge in [0.25, 0.3) is 11.8 Å². The van der Waals surface area contributed by atoms with Gasteiger partial charge in [0.15, 0.2) is 0 Å². The number of hydrogen-bond acceptors (Lipinski definition) is 3. The minimum absolute atomic E-state index is 0.231. The molecule has 2 amide bonds. The third-order valence-corrected chi connectivity index (χ3v) is 3.99. The second-order valence-electron chi connectivity index (χ2n) is 6.27. The molecule has 0 saturated carbocycles. The van der Waals surface area contributed by atoms with E-state index in [0.29, 0.717) is 24.2 Å². The molecule has 21 heavy (non-hydrogen) atoms. The number of rotatable bonds is 3. The standard InChI is InChI=1S/C17H18N2O2/c1-17(2,9-18)10-19-15(20)12-7-3-5-11-6-4-8-13(14(11)12)16(19)21/h3-8H,9-10,18H2,1-2H3. The fourth-order valence-electron chi connectivity index (χ4n) is 2.72.